The molecule has 3 heteroatoms. The molecular weight excluding hydrogens is 162 g/mol. The second-order valence-corrected chi connectivity index (χ2v) is 2.89. The molecule has 0 bridgehead atoms. The molecule has 0 fully saturated rings. The van der Waals surface area contributed by atoms with Gasteiger partial charge in [-0.3, -0.25) is 0 Å². The maximum atomic E-state index is 8.80. The van der Waals surface area contributed by atoms with Gasteiger partial charge in [0.1, 0.15) is 5.15 Å². The summed E-state index contributed by atoms with van der Waals surface area (Å²) in [6.07, 6.45) is 1.68. The maximum absolute atomic E-state index is 8.80. The molecule has 0 saturated carbocycles. The van der Waals surface area contributed by atoms with Crippen LogP contribution in [0.1, 0.15) is 18.4 Å². The summed E-state index contributed by atoms with van der Waals surface area (Å²) in [5, 5.41) is 9.28. The van der Waals surface area contributed by atoms with Gasteiger partial charge in [-0.2, -0.15) is 0 Å². The SMILES string of the molecule is CC(CO)c1ccc(Cl)nc1. The average molecular weight is 172 g/mol. The zero-order valence-corrected chi connectivity index (χ0v) is 7.04. The molecule has 11 heavy (non-hydrogen) atoms. The normalized spacial score (nSPS) is 13.0. The van der Waals surface area contributed by atoms with E-state index in [1.165, 1.54) is 0 Å². The smallest absolute Gasteiger partial charge is 0.129 e. The molecule has 1 unspecified atom stereocenters. The van der Waals surface area contributed by atoms with Gasteiger partial charge in [-0.05, 0) is 11.6 Å². The molecule has 0 saturated heterocycles. The zero-order valence-electron chi connectivity index (χ0n) is 6.29. The number of rotatable bonds is 2. The van der Waals surface area contributed by atoms with Gasteiger partial charge in [0.25, 0.3) is 0 Å². The van der Waals surface area contributed by atoms with Gasteiger partial charge in [0.2, 0.25) is 0 Å². The predicted octanol–water partition coefficient (Wildman–Crippen LogP) is 1.83. The first-order valence-corrected chi connectivity index (χ1v) is 3.84. The van der Waals surface area contributed by atoms with Crippen molar-refractivity contribution in [3.8, 4) is 0 Å². The minimum absolute atomic E-state index is 0.139. The summed E-state index contributed by atoms with van der Waals surface area (Å²) in [7, 11) is 0. The number of pyridine rings is 1. The Morgan fingerprint density at radius 1 is 1.64 bits per heavy atom. The van der Waals surface area contributed by atoms with Crippen LogP contribution in [0.5, 0.6) is 0 Å². The third kappa shape index (κ3) is 2.17. The maximum Gasteiger partial charge on any atom is 0.129 e. The lowest BCUT2D eigenvalue weighted by molar-refractivity contribution is 0.273. The zero-order chi connectivity index (χ0) is 8.27. The molecule has 0 aromatic carbocycles. The molecule has 0 radical (unpaired) electrons. The van der Waals surface area contributed by atoms with Gasteiger partial charge >= 0.3 is 0 Å². The van der Waals surface area contributed by atoms with Crippen molar-refractivity contribution in [3.63, 3.8) is 0 Å². The van der Waals surface area contributed by atoms with Crippen LogP contribution in [0, 0.1) is 0 Å². The van der Waals surface area contributed by atoms with Crippen molar-refractivity contribution in [2.75, 3.05) is 6.61 Å². The molecular formula is C8H10ClNO. The highest BCUT2D eigenvalue weighted by atomic mass is 35.5. The topological polar surface area (TPSA) is 33.1 Å². The van der Waals surface area contributed by atoms with E-state index in [0.29, 0.717) is 5.15 Å². The fourth-order valence-corrected chi connectivity index (χ4v) is 0.896. The van der Waals surface area contributed by atoms with E-state index in [1.807, 2.05) is 13.0 Å². The van der Waals surface area contributed by atoms with E-state index >= 15 is 0 Å². The Morgan fingerprint density at radius 3 is 2.82 bits per heavy atom. The molecule has 0 aliphatic carbocycles. The summed E-state index contributed by atoms with van der Waals surface area (Å²) in [6, 6.07) is 3.60. The lowest BCUT2D eigenvalue weighted by atomic mass is 10.1. The Morgan fingerprint density at radius 2 is 2.36 bits per heavy atom. The van der Waals surface area contributed by atoms with Crippen LogP contribution in [0.25, 0.3) is 0 Å². The van der Waals surface area contributed by atoms with Gasteiger partial charge in [-0.25, -0.2) is 4.98 Å². The van der Waals surface area contributed by atoms with E-state index < -0.39 is 0 Å². The van der Waals surface area contributed by atoms with E-state index in [1.54, 1.807) is 12.3 Å². The van der Waals surface area contributed by atoms with Crippen molar-refractivity contribution >= 4 is 11.6 Å². The van der Waals surface area contributed by atoms with E-state index in [0.717, 1.165) is 5.56 Å². The molecule has 1 N–H and O–H groups in total. The lowest BCUT2D eigenvalue weighted by Crippen LogP contribution is -1.98. The molecule has 1 rings (SSSR count). The van der Waals surface area contributed by atoms with Gasteiger partial charge in [0.05, 0.1) is 0 Å². The van der Waals surface area contributed by atoms with E-state index in [2.05, 4.69) is 4.98 Å². The van der Waals surface area contributed by atoms with Gasteiger partial charge in [0.15, 0.2) is 0 Å². The number of nitrogens with zero attached hydrogens (tertiary/aromatic N) is 1. The van der Waals surface area contributed by atoms with Crippen molar-refractivity contribution in [2.24, 2.45) is 0 Å². The molecule has 0 spiro atoms. The van der Waals surface area contributed by atoms with Crippen LogP contribution >= 0.6 is 11.6 Å². The first kappa shape index (κ1) is 8.50. The fourth-order valence-electron chi connectivity index (χ4n) is 0.784. The van der Waals surface area contributed by atoms with Crippen LogP contribution in [-0.2, 0) is 0 Å². The molecule has 1 aromatic heterocycles. The summed E-state index contributed by atoms with van der Waals surface area (Å²) in [5.41, 5.74) is 1.01. The molecule has 1 atom stereocenters. The molecule has 0 aliphatic heterocycles. The number of hydrogen-bond acceptors (Lipinski definition) is 2. The number of aliphatic hydroxyl groups excluding tert-OH is 1. The van der Waals surface area contributed by atoms with Crippen LogP contribution in [-0.4, -0.2) is 16.7 Å². The number of aliphatic hydroxyl groups is 1. The lowest BCUT2D eigenvalue weighted by Gasteiger charge is -2.06. The Labute approximate surface area is 70.8 Å². The molecule has 0 amide bonds. The molecule has 1 heterocycles. The minimum atomic E-state index is 0.139. The molecule has 2 nitrogen and oxygen atoms in total. The van der Waals surface area contributed by atoms with Crippen molar-refractivity contribution in [2.45, 2.75) is 12.8 Å². The summed E-state index contributed by atoms with van der Waals surface area (Å²) in [4.78, 5) is 3.90. The average Bonchev–Trinajstić information content (AvgIpc) is 2.05. The van der Waals surface area contributed by atoms with Crippen molar-refractivity contribution in [1.82, 2.24) is 4.98 Å². The van der Waals surface area contributed by atoms with Crippen LogP contribution in [0.3, 0.4) is 0 Å². The third-order valence-electron chi connectivity index (χ3n) is 1.59. The van der Waals surface area contributed by atoms with Gasteiger partial charge in [-0.1, -0.05) is 24.6 Å². The fraction of sp³-hybridized carbons (Fsp3) is 0.375. The van der Waals surface area contributed by atoms with Crippen LogP contribution in [0.15, 0.2) is 18.3 Å². The van der Waals surface area contributed by atoms with Crippen molar-refractivity contribution in [3.05, 3.63) is 29.0 Å². The first-order valence-electron chi connectivity index (χ1n) is 3.46. The quantitative estimate of drug-likeness (QED) is 0.689. The largest absolute Gasteiger partial charge is 0.396 e. The number of aromatic nitrogens is 1. The summed E-state index contributed by atoms with van der Waals surface area (Å²) in [6.45, 7) is 2.08. The Balaban J connectivity index is 2.81. The number of halogens is 1. The Hall–Kier alpha value is -0.600. The van der Waals surface area contributed by atoms with E-state index in [9.17, 15) is 0 Å². The van der Waals surface area contributed by atoms with Crippen LogP contribution in [0.4, 0.5) is 0 Å². The number of hydrogen-bond donors (Lipinski definition) is 1. The summed E-state index contributed by atoms with van der Waals surface area (Å²) < 4.78 is 0. The van der Waals surface area contributed by atoms with Crippen molar-refractivity contribution < 1.29 is 5.11 Å². The minimum Gasteiger partial charge on any atom is -0.396 e. The van der Waals surface area contributed by atoms with Crippen LogP contribution < -0.4 is 0 Å². The van der Waals surface area contributed by atoms with E-state index in [4.69, 9.17) is 16.7 Å². The second kappa shape index (κ2) is 3.69. The highest BCUT2D eigenvalue weighted by molar-refractivity contribution is 6.29. The van der Waals surface area contributed by atoms with Crippen LogP contribution in [0.2, 0.25) is 5.15 Å². The predicted molar refractivity (Wildman–Crippen MR) is 44.7 cm³/mol. The standard InChI is InChI=1S/C8H10ClNO/c1-6(5-11)7-2-3-8(9)10-4-7/h2-4,6,11H,5H2,1H3. The first-order chi connectivity index (χ1) is 5.24. The van der Waals surface area contributed by atoms with Crippen molar-refractivity contribution in [1.29, 1.82) is 0 Å². The Bertz CT molecular complexity index is 222. The highest BCUT2D eigenvalue weighted by Crippen LogP contribution is 2.14. The Kier molecular flexibility index (Phi) is 2.85. The van der Waals surface area contributed by atoms with Gasteiger partial charge in [0, 0.05) is 18.7 Å². The van der Waals surface area contributed by atoms with Gasteiger partial charge < -0.3 is 5.11 Å². The van der Waals surface area contributed by atoms with E-state index in [-0.39, 0.29) is 12.5 Å². The highest BCUT2D eigenvalue weighted by Gasteiger charge is 2.02. The van der Waals surface area contributed by atoms with Gasteiger partial charge in [-0.15, -0.1) is 0 Å². The molecule has 60 valence electrons. The summed E-state index contributed by atoms with van der Waals surface area (Å²) in [5.74, 6) is 0.139. The monoisotopic (exact) mass is 171 g/mol. The summed E-state index contributed by atoms with van der Waals surface area (Å²) >= 11 is 5.59. The molecule has 0 aliphatic rings. The molecule has 1 aromatic rings. The second-order valence-electron chi connectivity index (χ2n) is 2.50. The third-order valence-corrected chi connectivity index (χ3v) is 1.82.